The molecule has 1 aromatic carbocycles. The van der Waals surface area contributed by atoms with Crippen LogP contribution in [0.4, 0.5) is 5.69 Å². The quantitative estimate of drug-likeness (QED) is 0.828. The van der Waals surface area contributed by atoms with Gasteiger partial charge in [-0.2, -0.15) is 0 Å². The molecule has 4 rings (SSSR count). The molecular formula is C17H23N3O. The first-order valence-electron chi connectivity index (χ1n) is 8.14. The first kappa shape index (κ1) is 13.3. The molecule has 0 aromatic heterocycles. The zero-order valence-electron chi connectivity index (χ0n) is 12.3. The van der Waals surface area contributed by atoms with Gasteiger partial charge < -0.3 is 11.1 Å². The lowest BCUT2D eigenvalue weighted by Gasteiger charge is -2.41. The van der Waals surface area contributed by atoms with Gasteiger partial charge in [-0.25, -0.2) is 0 Å². The number of para-hydroxylation sites is 1. The van der Waals surface area contributed by atoms with Gasteiger partial charge in [-0.3, -0.25) is 9.69 Å². The summed E-state index contributed by atoms with van der Waals surface area (Å²) >= 11 is 0. The third-order valence-electron chi connectivity index (χ3n) is 5.45. The van der Waals surface area contributed by atoms with Crippen molar-refractivity contribution in [3.8, 4) is 0 Å². The maximum atomic E-state index is 12.7. The normalized spacial score (nSPS) is 36.0. The maximum Gasteiger partial charge on any atom is 0.241 e. The number of hydrogen-bond donors (Lipinski definition) is 2. The van der Waals surface area contributed by atoms with Crippen LogP contribution in [0, 0.1) is 0 Å². The number of amides is 1. The molecule has 1 amide bonds. The summed E-state index contributed by atoms with van der Waals surface area (Å²) in [6, 6.07) is 9.53. The highest BCUT2D eigenvalue weighted by molar-refractivity contribution is 5.96. The third kappa shape index (κ3) is 2.27. The number of anilines is 1. The molecule has 3 N–H and O–H groups in total. The van der Waals surface area contributed by atoms with Crippen LogP contribution in [0.15, 0.2) is 24.3 Å². The molecule has 2 bridgehead atoms. The van der Waals surface area contributed by atoms with Crippen molar-refractivity contribution in [3.05, 3.63) is 29.8 Å². The van der Waals surface area contributed by atoms with Crippen LogP contribution in [0.1, 0.15) is 37.7 Å². The summed E-state index contributed by atoms with van der Waals surface area (Å²) in [7, 11) is 0. The Morgan fingerprint density at radius 1 is 1.10 bits per heavy atom. The van der Waals surface area contributed by atoms with Gasteiger partial charge in [0.2, 0.25) is 5.91 Å². The molecular weight excluding hydrogens is 262 g/mol. The van der Waals surface area contributed by atoms with E-state index in [0.717, 1.165) is 31.4 Å². The lowest BCUT2D eigenvalue weighted by atomic mass is 9.94. The van der Waals surface area contributed by atoms with Crippen molar-refractivity contribution in [3.63, 3.8) is 0 Å². The molecule has 0 saturated carbocycles. The largest absolute Gasteiger partial charge is 0.328 e. The van der Waals surface area contributed by atoms with E-state index >= 15 is 0 Å². The molecule has 3 aliphatic heterocycles. The summed E-state index contributed by atoms with van der Waals surface area (Å²) in [4.78, 5) is 15.2. The number of aryl methyl sites for hydroxylation is 1. The fourth-order valence-corrected chi connectivity index (χ4v) is 4.55. The van der Waals surface area contributed by atoms with E-state index in [1.165, 1.54) is 18.4 Å². The Bertz CT molecular complexity index is 545. The molecule has 0 aliphatic carbocycles. The van der Waals surface area contributed by atoms with Crippen LogP contribution < -0.4 is 11.1 Å². The minimum Gasteiger partial charge on any atom is -0.328 e. The van der Waals surface area contributed by atoms with Crippen molar-refractivity contribution < 1.29 is 4.79 Å². The molecule has 3 aliphatic rings. The van der Waals surface area contributed by atoms with Gasteiger partial charge in [-0.1, -0.05) is 18.2 Å². The zero-order valence-corrected chi connectivity index (χ0v) is 12.3. The third-order valence-corrected chi connectivity index (χ3v) is 5.45. The Morgan fingerprint density at radius 2 is 1.81 bits per heavy atom. The number of hydrogen-bond acceptors (Lipinski definition) is 3. The van der Waals surface area contributed by atoms with Crippen molar-refractivity contribution in [2.24, 2.45) is 5.73 Å². The Morgan fingerprint density at radius 3 is 2.57 bits per heavy atom. The highest BCUT2D eigenvalue weighted by Crippen LogP contribution is 2.38. The molecule has 4 heteroatoms. The standard InChI is InChI=1S/C17H23N3O/c18-12-9-13-6-7-14(10-12)20(13)16-8-5-11-3-1-2-4-15(11)19-17(16)21/h1-4,12-14,16H,5-10,18H2,(H,19,21). The minimum atomic E-state index is 0.0161. The fourth-order valence-electron chi connectivity index (χ4n) is 4.55. The lowest BCUT2D eigenvalue weighted by molar-refractivity contribution is -0.123. The number of benzene rings is 1. The number of fused-ring (bicyclic) bond motifs is 3. The molecule has 112 valence electrons. The zero-order chi connectivity index (χ0) is 14.4. The summed E-state index contributed by atoms with van der Waals surface area (Å²) < 4.78 is 0. The lowest BCUT2D eigenvalue weighted by Crippen LogP contribution is -2.55. The van der Waals surface area contributed by atoms with Gasteiger partial charge >= 0.3 is 0 Å². The number of rotatable bonds is 1. The summed E-state index contributed by atoms with van der Waals surface area (Å²) in [6.45, 7) is 0. The smallest absolute Gasteiger partial charge is 0.241 e. The van der Waals surface area contributed by atoms with Crippen molar-refractivity contribution in [2.45, 2.75) is 62.7 Å². The van der Waals surface area contributed by atoms with Crippen LogP contribution in [0.2, 0.25) is 0 Å². The molecule has 2 saturated heterocycles. The molecule has 0 spiro atoms. The summed E-state index contributed by atoms with van der Waals surface area (Å²) in [5.41, 5.74) is 8.40. The van der Waals surface area contributed by atoms with Gasteiger partial charge in [0.15, 0.2) is 0 Å². The number of nitrogens with two attached hydrogens (primary N) is 1. The highest BCUT2D eigenvalue weighted by atomic mass is 16.2. The topological polar surface area (TPSA) is 58.4 Å². The van der Waals surface area contributed by atoms with Crippen LogP contribution in [-0.2, 0) is 11.2 Å². The Kier molecular flexibility index (Phi) is 3.23. The minimum absolute atomic E-state index is 0.0161. The molecule has 3 unspecified atom stereocenters. The van der Waals surface area contributed by atoms with E-state index in [0.29, 0.717) is 18.1 Å². The SMILES string of the molecule is NC1CC2CCC(C1)N2C1CCc2ccccc2NC1=O. The number of piperidine rings is 1. The predicted molar refractivity (Wildman–Crippen MR) is 83.0 cm³/mol. The second-order valence-electron chi connectivity index (χ2n) is 6.76. The Labute approximate surface area is 125 Å². The van der Waals surface area contributed by atoms with Crippen LogP contribution >= 0.6 is 0 Å². The molecule has 3 heterocycles. The van der Waals surface area contributed by atoms with Crippen LogP contribution in [0.5, 0.6) is 0 Å². The average Bonchev–Trinajstić information content (AvgIpc) is 2.65. The van der Waals surface area contributed by atoms with Gasteiger partial charge in [0.25, 0.3) is 0 Å². The van der Waals surface area contributed by atoms with Crippen molar-refractivity contribution in [1.29, 1.82) is 0 Å². The van der Waals surface area contributed by atoms with Crippen molar-refractivity contribution >= 4 is 11.6 Å². The Hall–Kier alpha value is -1.39. The van der Waals surface area contributed by atoms with Gasteiger partial charge in [0, 0.05) is 23.8 Å². The van der Waals surface area contributed by atoms with Gasteiger partial charge in [0.05, 0.1) is 6.04 Å². The van der Waals surface area contributed by atoms with Crippen LogP contribution in [0.3, 0.4) is 0 Å². The number of carbonyl (C=O) groups is 1. The van der Waals surface area contributed by atoms with Crippen molar-refractivity contribution in [1.82, 2.24) is 4.90 Å². The number of carbonyl (C=O) groups excluding carboxylic acids is 1. The highest BCUT2D eigenvalue weighted by Gasteiger charge is 2.45. The van der Waals surface area contributed by atoms with Gasteiger partial charge in [0.1, 0.15) is 0 Å². The molecule has 0 radical (unpaired) electrons. The van der Waals surface area contributed by atoms with Crippen molar-refractivity contribution in [2.75, 3.05) is 5.32 Å². The fraction of sp³-hybridized carbons (Fsp3) is 0.588. The molecule has 3 atom stereocenters. The van der Waals surface area contributed by atoms with E-state index in [1.807, 2.05) is 12.1 Å². The first-order chi connectivity index (χ1) is 10.2. The maximum absolute atomic E-state index is 12.7. The molecule has 1 aromatic rings. The predicted octanol–water partition coefficient (Wildman–Crippen LogP) is 1.89. The number of nitrogens with one attached hydrogen (secondary N) is 1. The van der Waals surface area contributed by atoms with E-state index < -0.39 is 0 Å². The Balaban J connectivity index is 1.58. The van der Waals surface area contributed by atoms with Gasteiger partial charge in [-0.05, 0) is 50.2 Å². The molecule has 4 nitrogen and oxygen atoms in total. The first-order valence-corrected chi connectivity index (χ1v) is 8.14. The van der Waals surface area contributed by atoms with E-state index in [9.17, 15) is 4.79 Å². The molecule has 21 heavy (non-hydrogen) atoms. The van der Waals surface area contributed by atoms with E-state index in [4.69, 9.17) is 5.73 Å². The summed E-state index contributed by atoms with van der Waals surface area (Å²) in [6.07, 6.45) is 6.40. The van der Waals surface area contributed by atoms with E-state index in [-0.39, 0.29) is 11.9 Å². The second-order valence-corrected chi connectivity index (χ2v) is 6.76. The number of nitrogens with zero attached hydrogens (tertiary/aromatic N) is 1. The van der Waals surface area contributed by atoms with Crippen LogP contribution in [-0.4, -0.2) is 35.0 Å². The summed E-state index contributed by atoms with van der Waals surface area (Å²) in [5, 5.41) is 3.14. The molecule has 2 fully saturated rings. The van der Waals surface area contributed by atoms with Crippen LogP contribution in [0.25, 0.3) is 0 Å². The summed E-state index contributed by atoms with van der Waals surface area (Å²) in [5.74, 6) is 0.173. The van der Waals surface area contributed by atoms with Gasteiger partial charge in [-0.15, -0.1) is 0 Å². The van der Waals surface area contributed by atoms with E-state index in [2.05, 4.69) is 22.3 Å². The monoisotopic (exact) mass is 285 g/mol. The van der Waals surface area contributed by atoms with E-state index in [1.54, 1.807) is 0 Å². The second kappa shape index (κ2) is 5.11. The average molecular weight is 285 g/mol.